The molecular formula is C14H15N3OS. The molecule has 1 fully saturated rings. The van der Waals surface area contributed by atoms with E-state index in [-0.39, 0.29) is 5.56 Å². The van der Waals surface area contributed by atoms with Crippen molar-refractivity contribution in [2.45, 2.75) is 44.4 Å². The Kier molecular flexibility index (Phi) is 2.55. The van der Waals surface area contributed by atoms with Crippen LogP contribution in [-0.4, -0.2) is 15.0 Å². The minimum absolute atomic E-state index is 0.0858. The number of H-pyrrole nitrogens is 1. The molecule has 0 amide bonds. The summed E-state index contributed by atoms with van der Waals surface area (Å²) < 4.78 is 0. The predicted molar refractivity (Wildman–Crippen MR) is 74.6 cm³/mol. The lowest BCUT2D eigenvalue weighted by atomic mass is 10.0. The molecule has 0 aliphatic heterocycles. The van der Waals surface area contributed by atoms with Crippen molar-refractivity contribution in [3.05, 3.63) is 32.8 Å². The van der Waals surface area contributed by atoms with Crippen molar-refractivity contribution in [2.24, 2.45) is 0 Å². The number of rotatable bonds is 2. The van der Waals surface area contributed by atoms with E-state index in [9.17, 15) is 4.79 Å². The fourth-order valence-electron chi connectivity index (χ4n) is 2.64. The number of aromatic nitrogens is 3. The van der Waals surface area contributed by atoms with Gasteiger partial charge in [-0.1, -0.05) is 0 Å². The first kappa shape index (κ1) is 11.3. The van der Waals surface area contributed by atoms with Gasteiger partial charge in [0.15, 0.2) is 5.69 Å². The number of nitrogens with one attached hydrogen (secondary N) is 1. The first-order valence-corrected chi connectivity index (χ1v) is 7.77. The molecule has 98 valence electrons. The van der Waals surface area contributed by atoms with E-state index in [1.165, 1.54) is 12.8 Å². The summed E-state index contributed by atoms with van der Waals surface area (Å²) in [4.78, 5) is 24.3. The van der Waals surface area contributed by atoms with Crippen molar-refractivity contribution < 1.29 is 0 Å². The average Bonchev–Trinajstić information content (AvgIpc) is 3.16. The van der Waals surface area contributed by atoms with E-state index >= 15 is 0 Å². The van der Waals surface area contributed by atoms with Gasteiger partial charge >= 0.3 is 0 Å². The van der Waals surface area contributed by atoms with Gasteiger partial charge < -0.3 is 4.98 Å². The molecule has 0 unspecified atom stereocenters. The van der Waals surface area contributed by atoms with Crippen LogP contribution in [0.25, 0.3) is 10.7 Å². The van der Waals surface area contributed by atoms with Crippen LogP contribution in [0, 0.1) is 0 Å². The Hall–Kier alpha value is -1.49. The summed E-state index contributed by atoms with van der Waals surface area (Å²) in [7, 11) is 0. The van der Waals surface area contributed by atoms with Crippen LogP contribution >= 0.6 is 11.3 Å². The van der Waals surface area contributed by atoms with Gasteiger partial charge in [-0.15, -0.1) is 11.3 Å². The quantitative estimate of drug-likeness (QED) is 0.915. The monoisotopic (exact) mass is 273 g/mol. The predicted octanol–water partition coefficient (Wildman–Crippen LogP) is 2.65. The highest BCUT2D eigenvalue weighted by atomic mass is 32.1. The normalized spacial score (nSPS) is 18.3. The zero-order valence-electron chi connectivity index (χ0n) is 10.6. The third-order valence-corrected chi connectivity index (χ3v) is 4.75. The first-order chi connectivity index (χ1) is 9.31. The zero-order chi connectivity index (χ0) is 12.8. The molecule has 0 aromatic carbocycles. The lowest BCUT2D eigenvalue weighted by molar-refractivity contribution is 0.647. The van der Waals surface area contributed by atoms with E-state index < -0.39 is 0 Å². The highest BCUT2D eigenvalue weighted by Crippen LogP contribution is 2.41. The van der Waals surface area contributed by atoms with Crippen molar-refractivity contribution in [3.8, 4) is 10.7 Å². The maximum Gasteiger partial charge on any atom is 0.277 e. The maximum absolute atomic E-state index is 12.1. The molecule has 0 spiro atoms. The van der Waals surface area contributed by atoms with Gasteiger partial charge in [-0.05, 0) is 38.5 Å². The molecule has 2 aromatic heterocycles. The van der Waals surface area contributed by atoms with E-state index in [0.29, 0.717) is 11.6 Å². The van der Waals surface area contributed by atoms with Crippen LogP contribution in [0.5, 0.6) is 0 Å². The minimum Gasteiger partial charge on any atom is -0.322 e. The molecule has 2 aliphatic rings. The molecule has 2 aliphatic carbocycles. The lowest BCUT2D eigenvalue weighted by Crippen LogP contribution is -2.19. The lowest BCUT2D eigenvalue weighted by Gasteiger charge is -2.14. The summed E-state index contributed by atoms with van der Waals surface area (Å²) in [5.74, 6) is 0.627. The Labute approximate surface area is 114 Å². The number of thiazole rings is 1. The Morgan fingerprint density at radius 3 is 2.89 bits per heavy atom. The molecule has 2 heterocycles. The third kappa shape index (κ3) is 2.02. The Morgan fingerprint density at radius 2 is 2.05 bits per heavy atom. The van der Waals surface area contributed by atoms with E-state index in [4.69, 9.17) is 0 Å². The topological polar surface area (TPSA) is 58.6 Å². The second kappa shape index (κ2) is 4.27. The number of aromatic amines is 1. The van der Waals surface area contributed by atoms with Gasteiger partial charge in [0.1, 0.15) is 5.01 Å². The Morgan fingerprint density at radius 1 is 1.21 bits per heavy atom. The highest BCUT2D eigenvalue weighted by Gasteiger charge is 2.27. The molecular weight excluding hydrogens is 258 g/mol. The van der Waals surface area contributed by atoms with E-state index in [2.05, 4.69) is 20.3 Å². The molecule has 4 rings (SSSR count). The van der Waals surface area contributed by atoms with Gasteiger partial charge in [0.05, 0.1) is 11.4 Å². The minimum atomic E-state index is -0.0858. The van der Waals surface area contributed by atoms with Gasteiger partial charge in [-0.2, -0.15) is 0 Å². The van der Waals surface area contributed by atoms with Crippen LogP contribution in [0.1, 0.15) is 48.7 Å². The molecule has 1 N–H and O–H groups in total. The standard InChI is InChI=1S/C14H15N3OS/c18-13-12(14-17-11(7-19-14)8-5-6-8)15-9-3-1-2-4-10(9)16-13/h7-8H,1-6H2,(H,16,18). The summed E-state index contributed by atoms with van der Waals surface area (Å²) in [6.45, 7) is 0. The SMILES string of the molecule is O=c1[nH]c2c(nc1-c1nc(C3CC3)cs1)CCCC2. The Balaban J connectivity index is 1.78. The van der Waals surface area contributed by atoms with Gasteiger partial charge in [-0.3, -0.25) is 4.79 Å². The van der Waals surface area contributed by atoms with Crippen LogP contribution in [0.4, 0.5) is 0 Å². The van der Waals surface area contributed by atoms with Crippen LogP contribution in [0.3, 0.4) is 0 Å². The smallest absolute Gasteiger partial charge is 0.277 e. The van der Waals surface area contributed by atoms with Crippen molar-refractivity contribution >= 4 is 11.3 Å². The van der Waals surface area contributed by atoms with Gasteiger partial charge in [0, 0.05) is 17.0 Å². The van der Waals surface area contributed by atoms with Gasteiger partial charge in [-0.25, -0.2) is 9.97 Å². The number of aryl methyl sites for hydroxylation is 2. The fraction of sp³-hybridized carbons (Fsp3) is 0.500. The second-order valence-electron chi connectivity index (χ2n) is 5.40. The highest BCUT2D eigenvalue weighted by molar-refractivity contribution is 7.13. The summed E-state index contributed by atoms with van der Waals surface area (Å²) >= 11 is 1.54. The molecule has 19 heavy (non-hydrogen) atoms. The molecule has 0 radical (unpaired) electrons. The molecule has 0 atom stereocenters. The van der Waals surface area contributed by atoms with Crippen molar-refractivity contribution in [2.75, 3.05) is 0 Å². The van der Waals surface area contributed by atoms with Crippen molar-refractivity contribution in [1.82, 2.24) is 15.0 Å². The summed E-state index contributed by atoms with van der Waals surface area (Å²) in [5.41, 5.74) is 3.65. The number of hydrogen-bond donors (Lipinski definition) is 1. The van der Waals surface area contributed by atoms with Gasteiger partial charge in [0.25, 0.3) is 5.56 Å². The van der Waals surface area contributed by atoms with Gasteiger partial charge in [0.2, 0.25) is 0 Å². The zero-order valence-corrected chi connectivity index (χ0v) is 11.4. The van der Waals surface area contributed by atoms with Crippen molar-refractivity contribution in [1.29, 1.82) is 0 Å². The van der Waals surface area contributed by atoms with E-state index in [1.54, 1.807) is 11.3 Å². The van der Waals surface area contributed by atoms with Crippen LogP contribution in [0.15, 0.2) is 10.2 Å². The summed E-state index contributed by atoms with van der Waals surface area (Å²) in [5, 5.41) is 2.85. The summed E-state index contributed by atoms with van der Waals surface area (Å²) in [6.07, 6.45) is 6.70. The molecule has 5 heteroatoms. The first-order valence-electron chi connectivity index (χ1n) is 6.89. The molecule has 1 saturated carbocycles. The Bertz CT molecular complexity index is 684. The van der Waals surface area contributed by atoms with Crippen LogP contribution in [-0.2, 0) is 12.8 Å². The fourth-order valence-corrected chi connectivity index (χ4v) is 3.52. The molecule has 0 saturated heterocycles. The van der Waals surface area contributed by atoms with Crippen LogP contribution in [0.2, 0.25) is 0 Å². The molecule has 4 nitrogen and oxygen atoms in total. The second-order valence-corrected chi connectivity index (χ2v) is 6.26. The maximum atomic E-state index is 12.1. The van der Waals surface area contributed by atoms with E-state index in [0.717, 1.165) is 47.8 Å². The average molecular weight is 273 g/mol. The largest absolute Gasteiger partial charge is 0.322 e. The molecule has 0 bridgehead atoms. The van der Waals surface area contributed by atoms with Crippen molar-refractivity contribution in [3.63, 3.8) is 0 Å². The molecule has 2 aromatic rings. The third-order valence-electron chi connectivity index (χ3n) is 3.89. The number of fused-ring (bicyclic) bond motifs is 1. The summed E-state index contributed by atoms with van der Waals surface area (Å²) in [6, 6.07) is 0. The van der Waals surface area contributed by atoms with E-state index in [1.807, 2.05) is 0 Å². The number of nitrogens with zero attached hydrogens (tertiary/aromatic N) is 2. The van der Waals surface area contributed by atoms with Crippen LogP contribution < -0.4 is 5.56 Å². The number of hydrogen-bond acceptors (Lipinski definition) is 4.